The maximum Gasteiger partial charge on any atom is 0.233 e. The zero-order chi connectivity index (χ0) is 22.9. The lowest BCUT2D eigenvalue weighted by atomic mass is 9.99. The smallest absolute Gasteiger partial charge is 0.233 e. The summed E-state index contributed by atoms with van der Waals surface area (Å²) in [5, 5.41) is 4.26. The molecule has 0 bridgehead atoms. The highest BCUT2D eigenvalue weighted by Gasteiger charge is 2.33. The lowest BCUT2D eigenvalue weighted by Gasteiger charge is -2.40. The van der Waals surface area contributed by atoms with Crippen molar-refractivity contribution >= 4 is 11.9 Å². The molecule has 168 valence electrons. The lowest BCUT2D eigenvalue weighted by molar-refractivity contribution is -0.107. The predicted octanol–water partition coefficient (Wildman–Crippen LogP) is 4.81. The van der Waals surface area contributed by atoms with Crippen molar-refractivity contribution in [1.82, 2.24) is 24.4 Å². The van der Waals surface area contributed by atoms with Gasteiger partial charge in [0.15, 0.2) is 0 Å². The van der Waals surface area contributed by atoms with Gasteiger partial charge in [-0.15, -0.1) is 0 Å². The average molecular weight is 442 g/mol. The van der Waals surface area contributed by atoms with Gasteiger partial charge in [-0.3, -0.25) is 4.40 Å². The van der Waals surface area contributed by atoms with E-state index in [1.165, 1.54) is 0 Å². The summed E-state index contributed by atoms with van der Waals surface area (Å²) in [7, 11) is 0. The summed E-state index contributed by atoms with van der Waals surface area (Å²) in [6, 6.07) is 10.2. The first-order valence-corrected chi connectivity index (χ1v) is 11.3. The Kier molecular flexibility index (Phi) is 5.54. The van der Waals surface area contributed by atoms with Crippen molar-refractivity contribution in [3.8, 4) is 22.6 Å². The summed E-state index contributed by atoms with van der Waals surface area (Å²) >= 11 is 0. The second kappa shape index (κ2) is 8.65. The molecule has 1 aliphatic heterocycles. The molecule has 0 radical (unpaired) electrons. The number of imidazole rings is 1. The number of nitrogens with zero attached hydrogens (tertiary/aromatic N) is 5. The zero-order valence-corrected chi connectivity index (χ0v) is 19.0. The molecular formula is C26H27N5O2. The van der Waals surface area contributed by atoms with Crippen LogP contribution in [0.1, 0.15) is 42.7 Å². The highest BCUT2D eigenvalue weighted by molar-refractivity contribution is 5.73. The molecule has 0 amide bonds. The van der Waals surface area contributed by atoms with Crippen molar-refractivity contribution in [3.05, 3.63) is 72.0 Å². The third-order valence-electron chi connectivity index (χ3n) is 6.42. The number of likely N-dealkylation sites (tertiary alicyclic amines) is 1. The first kappa shape index (κ1) is 21.1. The Bertz CT molecular complexity index is 1330. The molecule has 0 saturated carbocycles. The van der Waals surface area contributed by atoms with Crippen LogP contribution in [0, 0.1) is 6.92 Å². The van der Waals surface area contributed by atoms with Gasteiger partial charge in [0, 0.05) is 42.5 Å². The Hall–Kier alpha value is -3.74. The molecule has 0 aliphatic carbocycles. The molecule has 1 aliphatic rings. The third kappa shape index (κ3) is 3.95. The predicted molar refractivity (Wildman–Crippen MR) is 127 cm³/mol. The summed E-state index contributed by atoms with van der Waals surface area (Å²) in [5.74, 6) is 1.53. The number of benzene rings is 1. The largest absolute Gasteiger partial charge is 0.374 e. The van der Waals surface area contributed by atoms with Gasteiger partial charge in [-0.25, -0.2) is 4.98 Å². The Morgan fingerprint density at radius 3 is 2.91 bits per heavy atom. The van der Waals surface area contributed by atoms with E-state index in [2.05, 4.69) is 58.2 Å². The summed E-state index contributed by atoms with van der Waals surface area (Å²) in [6.45, 7) is 10.0. The normalized spacial score (nSPS) is 13.9. The van der Waals surface area contributed by atoms with Crippen LogP contribution in [0.2, 0.25) is 0 Å². The number of aldehydes is 1. The Morgan fingerprint density at radius 1 is 1.27 bits per heavy atom. The fourth-order valence-electron chi connectivity index (χ4n) is 4.27. The van der Waals surface area contributed by atoms with Crippen molar-refractivity contribution in [2.45, 2.75) is 39.0 Å². The van der Waals surface area contributed by atoms with E-state index in [9.17, 15) is 4.79 Å². The molecule has 4 aromatic rings. The maximum atomic E-state index is 10.8. The first-order chi connectivity index (χ1) is 16.1. The van der Waals surface area contributed by atoms with Crippen LogP contribution >= 0.6 is 0 Å². The SMILES string of the molecule is C=C(CC)N1CC(c2nc(-c3ccc(C)c(-c4cnc5ccc(CCC=O)cn45)c3)no2)C1. The first-order valence-electron chi connectivity index (χ1n) is 11.3. The highest BCUT2D eigenvalue weighted by Crippen LogP contribution is 2.32. The third-order valence-corrected chi connectivity index (χ3v) is 6.42. The van der Waals surface area contributed by atoms with E-state index < -0.39 is 0 Å². The quantitative estimate of drug-likeness (QED) is 0.365. The number of hydrogen-bond acceptors (Lipinski definition) is 6. The van der Waals surface area contributed by atoms with Gasteiger partial charge in [0.1, 0.15) is 11.9 Å². The molecule has 3 aromatic heterocycles. The monoisotopic (exact) mass is 441 g/mol. The molecule has 0 N–H and O–H groups in total. The number of rotatable bonds is 8. The minimum absolute atomic E-state index is 0.253. The number of carbonyl (C=O) groups is 1. The van der Waals surface area contributed by atoms with Gasteiger partial charge >= 0.3 is 0 Å². The molecule has 33 heavy (non-hydrogen) atoms. The van der Waals surface area contributed by atoms with E-state index in [-0.39, 0.29) is 5.92 Å². The van der Waals surface area contributed by atoms with Gasteiger partial charge in [-0.05, 0) is 43.0 Å². The van der Waals surface area contributed by atoms with E-state index >= 15 is 0 Å². The second-order valence-corrected chi connectivity index (χ2v) is 8.62. The fraction of sp³-hybridized carbons (Fsp3) is 0.308. The van der Waals surface area contributed by atoms with Crippen LogP contribution in [0.15, 0.2) is 59.5 Å². The molecule has 1 saturated heterocycles. The molecule has 4 heterocycles. The van der Waals surface area contributed by atoms with Crippen molar-refractivity contribution in [3.63, 3.8) is 0 Å². The van der Waals surface area contributed by atoms with Crippen molar-refractivity contribution < 1.29 is 9.32 Å². The van der Waals surface area contributed by atoms with Gasteiger partial charge in [0.05, 0.1) is 17.8 Å². The van der Waals surface area contributed by atoms with Crippen LogP contribution in [-0.4, -0.2) is 43.8 Å². The standard InChI is InChI=1S/C26H27N5O2/c1-4-18(3)30-15-21(16-30)26-28-25(29-33-26)20-9-7-17(2)22(12-20)23-13-27-24-10-8-19(6-5-11-32)14-31(23)24/h7-14,21H,3-6,15-16H2,1-2H3. The molecule has 1 aromatic carbocycles. The van der Waals surface area contributed by atoms with E-state index in [0.717, 1.165) is 65.1 Å². The number of fused-ring (bicyclic) bond motifs is 1. The summed E-state index contributed by atoms with van der Waals surface area (Å²) in [6.07, 6.45) is 7.08. The van der Waals surface area contributed by atoms with Gasteiger partial charge in [-0.2, -0.15) is 4.98 Å². The number of pyridine rings is 1. The van der Waals surface area contributed by atoms with E-state index in [0.29, 0.717) is 24.6 Å². The maximum absolute atomic E-state index is 10.8. The van der Waals surface area contributed by atoms with Gasteiger partial charge in [-0.1, -0.05) is 36.9 Å². The highest BCUT2D eigenvalue weighted by atomic mass is 16.5. The molecule has 0 spiro atoms. The van der Waals surface area contributed by atoms with Crippen molar-refractivity contribution in [2.75, 3.05) is 13.1 Å². The molecule has 0 atom stereocenters. The molecule has 7 heteroatoms. The van der Waals surface area contributed by atoms with Crippen molar-refractivity contribution in [1.29, 1.82) is 0 Å². The molecule has 0 unspecified atom stereocenters. The van der Waals surface area contributed by atoms with E-state index in [1.54, 1.807) is 0 Å². The number of hydrogen-bond donors (Lipinski definition) is 0. The minimum Gasteiger partial charge on any atom is -0.374 e. The Morgan fingerprint density at radius 2 is 2.12 bits per heavy atom. The van der Waals surface area contributed by atoms with Gasteiger partial charge in [0.25, 0.3) is 0 Å². The van der Waals surface area contributed by atoms with Crippen LogP contribution in [0.3, 0.4) is 0 Å². The fourth-order valence-corrected chi connectivity index (χ4v) is 4.27. The number of aryl methyl sites for hydroxylation is 2. The van der Waals surface area contributed by atoms with Crippen LogP contribution in [0.5, 0.6) is 0 Å². The summed E-state index contributed by atoms with van der Waals surface area (Å²) in [4.78, 5) is 22.3. The minimum atomic E-state index is 0.253. The molecule has 7 nitrogen and oxygen atoms in total. The van der Waals surface area contributed by atoms with Crippen LogP contribution in [0.25, 0.3) is 28.3 Å². The van der Waals surface area contributed by atoms with Gasteiger partial charge in [0.2, 0.25) is 11.7 Å². The van der Waals surface area contributed by atoms with Crippen LogP contribution < -0.4 is 0 Å². The van der Waals surface area contributed by atoms with E-state index in [4.69, 9.17) is 9.51 Å². The number of allylic oxidation sites excluding steroid dienone is 1. The summed E-state index contributed by atoms with van der Waals surface area (Å²) in [5.41, 5.74) is 7.22. The zero-order valence-electron chi connectivity index (χ0n) is 19.0. The molecule has 5 rings (SSSR count). The lowest BCUT2D eigenvalue weighted by Crippen LogP contribution is -2.43. The van der Waals surface area contributed by atoms with Crippen LogP contribution in [-0.2, 0) is 11.2 Å². The topological polar surface area (TPSA) is 76.5 Å². The second-order valence-electron chi connectivity index (χ2n) is 8.62. The molecule has 1 fully saturated rings. The Labute approximate surface area is 192 Å². The average Bonchev–Trinajstić information content (AvgIpc) is 3.44. The van der Waals surface area contributed by atoms with E-state index in [1.807, 2.05) is 24.4 Å². The van der Waals surface area contributed by atoms with Crippen molar-refractivity contribution in [2.24, 2.45) is 0 Å². The van der Waals surface area contributed by atoms with Crippen LogP contribution in [0.4, 0.5) is 0 Å². The van der Waals surface area contributed by atoms with Gasteiger partial charge < -0.3 is 14.2 Å². The number of carbonyl (C=O) groups excluding carboxylic acids is 1. The molecular weight excluding hydrogens is 414 g/mol. The Balaban J connectivity index is 1.43. The summed E-state index contributed by atoms with van der Waals surface area (Å²) < 4.78 is 7.69. The number of aromatic nitrogens is 4.